The summed E-state index contributed by atoms with van der Waals surface area (Å²) in [5, 5.41) is 0. The predicted octanol–water partition coefficient (Wildman–Crippen LogP) is 4.41. The first-order chi connectivity index (χ1) is 11.8. The van der Waals surface area contributed by atoms with Crippen molar-refractivity contribution in [2.24, 2.45) is 5.41 Å². The molecule has 0 aliphatic rings. The van der Waals surface area contributed by atoms with E-state index in [2.05, 4.69) is 62.8 Å². The molecule has 0 spiro atoms. The Labute approximate surface area is 152 Å². The van der Waals surface area contributed by atoms with Gasteiger partial charge in [-0.05, 0) is 58.5 Å². The van der Waals surface area contributed by atoms with Crippen molar-refractivity contribution in [1.29, 1.82) is 0 Å². The van der Waals surface area contributed by atoms with Crippen LogP contribution < -0.4 is 0 Å². The molecular weight excluding hydrogens is 310 g/mol. The molecule has 3 heteroatoms. The van der Waals surface area contributed by atoms with Gasteiger partial charge in [0.1, 0.15) is 0 Å². The zero-order chi connectivity index (χ0) is 18.7. The average molecular weight is 339 g/mol. The molecule has 0 atom stereocenters. The van der Waals surface area contributed by atoms with E-state index in [0.29, 0.717) is 12.2 Å². The van der Waals surface area contributed by atoms with Gasteiger partial charge < -0.3 is 4.74 Å². The first kappa shape index (κ1) is 20.7. The number of nitrogens with zero attached hydrogens (tertiary/aromatic N) is 1. The molecule has 0 amide bonds. The fraction of sp³-hybridized carbons (Fsp3) is 0.409. The highest BCUT2D eigenvalue weighted by Gasteiger charge is 2.04. The third-order valence-electron chi connectivity index (χ3n) is 3.21. The zero-order valence-corrected chi connectivity index (χ0v) is 16.0. The monoisotopic (exact) mass is 339 g/mol. The molecule has 1 aromatic carbocycles. The van der Waals surface area contributed by atoms with E-state index in [1.54, 1.807) is 19.1 Å². The largest absolute Gasteiger partial charge is 0.462 e. The van der Waals surface area contributed by atoms with E-state index in [-0.39, 0.29) is 11.4 Å². The van der Waals surface area contributed by atoms with Crippen molar-refractivity contribution in [3.8, 4) is 11.8 Å². The highest BCUT2D eigenvalue weighted by Crippen LogP contribution is 2.09. The number of esters is 1. The van der Waals surface area contributed by atoms with Gasteiger partial charge in [-0.2, -0.15) is 0 Å². The van der Waals surface area contributed by atoms with Gasteiger partial charge in [0, 0.05) is 18.5 Å². The number of likely N-dealkylation sites (N-methyl/N-ethyl adjacent to an activating group) is 1. The van der Waals surface area contributed by atoms with E-state index in [9.17, 15) is 4.79 Å². The number of rotatable bonds is 7. The van der Waals surface area contributed by atoms with Gasteiger partial charge in [0.2, 0.25) is 0 Å². The second kappa shape index (κ2) is 10.5. The minimum absolute atomic E-state index is 0.0435. The standard InChI is InChI=1S/C22H29NO2/c1-6-25-21(24)20-14-12-19(13-15-20)11-10-18-23(5)17-9-7-8-16-22(2,3)4/h7,9-15H,6,17-18H2,1-5H3. The molecule has 25 heavy (non-hydrogen) atoms. The van der Waals surface area contributed by atoms with Gasteiger partial charge in [0.05, 0.1) is 12.2 Å². The van der Waals surface area contributed by atoms with E-state index in [1.165, 1.54) is 0 Å². The molecular formula is C22H29NO2. The van der Waals surface area contributed by atoms with Crippen molar-refractivity contribution < 1.29 is 9.53 Å². The van der Waals surface area contributed by atoms with Crippen LogP contribution >= 0.6 is 0 Å². The van der Waals surface area contributed by atoms with E-state index < -0.39 is 0 Å². The predicted molar refractivity (Wildman–Crippen MR) is 105 cm³/mol. The first-order valence-electron chi connectivity index (χ1n) is 8.62. The van der Waals surface area contributed by atoms with E-state index >= 15 is 0 Å². The van der Waals surface area contributed by atoms with Crippen LogP contribution in [0.4, 0.5) is 0 Å². The van der Waals surface area contributed by atoms with Gasteiger partial charge >= 0.3 is 5.97 Å². The van der Waals surface area contributed by atoms with E-state index in [0.717, 1.165) is 18.7 Å². The summed E-state index contributed by atoms with van der Waals surface area (Å²) >= 11 is 0. The molecule has 0 unspecified atom stereocenters. The molecule has 0 aromatic heterocycles. The van der Waals surface area contributed by atoms with Crippen LogP contribution in [-0.2, 0) is 4.74 Å². The molecule has 1 aromatic rings. The summed E-state index contributed by atoms with van der Waals surface area (Å²) < 4.78 is 4.97. The van der Waals surface area contributed by atoms with Crippen molar-refractivity contribution in [2.45, 2.75) is 27.7 Å². The van der Waals surface area contributed by atoms with E-state index in [1.807, 2.05) is 18.2 Å². The third-order valence-corrected chi connectivity index (χ3v) is 3.21. The van der Waals surface area contributed by atoms with Crippen LogP contribution in [0.15, 0.2) is 42.5 Å². The normalized spacial score (nSPS) is 11.8. The van der Waals surface area contributed by atoms with Crippen molar-refractivity contribution in [1.82, 2.24) is 4.90 Å². The van der Waals surface area contributed by atoms with Gasteiger partial charge in [0.15, 0.2) is 0 Å². The van der Waals surface area contributed by atoms with Crippen LogP contribution in [0.1, 0.15) is 43.6 Å². The summed E-state index contributed by atoms with van der Waals surface area (Å²) in [6, 6.07) is 7.42. The third kappa shape index (κ3) is 9.54. The van der Waals surface area contributed by atoms with Crippen LogP contribution in [-0.4, -0.2) is 37.6 Å². The Morgan fingerprint density at radius 3 is 2.40 bits per heavy atom. The zero-order valence-electron chi connectivity index (χ0n) is 16.0. The lowest BCUT2D eigenvalue weighted by molar-refractivity contribution is 0.0526. The van der Waals surface area contributed by atoms with Crippen molar-refractivity contribution in [3.63, 3.8) is 0 Å². The van der Waals surface area contributed by atoms with Crippen LogP contribution in [0, 0.1) is 17.3 Å². The molecule has 0 N–H and O–H groups in total. The van der Waals surface area contributed by atoms with Crippen molar-refractivity contribution >= 4 is 12.0 Å². The van der Waals surface area contributed by atoms with Crippen LogP contribution in [0.3, 0.4) is 0 Å². The molecule has 0 heterocycles. The Morgan fingerprint density at radius 1 is 1.16 bits per heavy atom. The highest BCUT2D eigenvalue weighted by atomic mass is 16.5. The lowest BCUT2D eigenvalue weighted by atomic mass is 9.98. The number of allylic oxidation sites excluding steroid dienone is 1. The molecule has 0 bridgehead atoms. The van der Waals surface area contributed by atoms with E-state index in [4.69, 9.17) is 4.74 Å². The summed E-state index contributed by atoms with van der Waals surface area (Å²) in [6.07, 6.45) is 8.14. The van der Waals surface area contributed by atoms with Crippen molar-refractivity contribution in [2.75, 3.05) is 26.7 Å². The minimum Gasteiger partial charge on any atom is -0.462 e. The lowest BCUT2D eigenvalue weighted by Gasteiger charge is -2.10. The quantitative estimate of drug-likeness (QED) is 0.544. The topological polar surface area (TPSA) is 29.5 Å². The summed E-state index contributed by atoms with van der Waals surface area (Å²) in [4.78, 5) is 13.8. The Morgan fingerprint density at radius 2 is 1.80 bits per heavy atom. The fourth-order valence-electron chi connectivity index (χ4n) is 1.94. The first-order valence-corrected chi connectivity index (χ1v) is 8.62. The second-order valence-corrected chi connectivity index (χ2v) is 6.89. The van der Waals surface area contributed by atoms with Crippen LogP contribution in [0.5, 0.6) is 0 Å². The average Bonchev–Trinajstić information content (AvgIpc) is 2.54. The summed E-state index contributed by atoms with van der Waals surface area (Å²) in [5.41, 5.74) is 1.69. The maximum Gasteiger partial charge on any atom is 0.338 e. The summed E-state index contributed by atoms with van der Waals surface area (Å²) in [6.45, 7) is 10.2. The Balaban J connectivity index is 2.42. The molecule has 0 saturated carbocycles. The molecule has 0 radical (unpaired) electrons. The van der Waals surface area contributed by atoms with Gasteiger partial charge in [-0.3, -0.25) is 4.90 Å². The number of hydrogen-bond donors (Lipinski definition) is 0. The maximum atomic E-state index is 11.6. The molecule has 0 saturated heterocycles. The molecule has 0 fully saturated rings. The number of ether oxygens (including phenoxy) is 1. The highest BCUT2D eigenvalue weighted by molar-refractivity contribution is 5.89. The second-order valence-electron chi connectivity index (χ2n) is 6.89. The van der Waals surface area contributed by atoms with Gasteiger partial charge in [0.25, 0.3) is 0 Å². The smallest absolute Gasteiger partial charge is 0.338 e. The minimum atomic E-state index is -0.279. The van der Waals surface area contributed by atoms with Gasteiger partial charge in [-0.15, -0.1) is 0 Å². The maximum absolute atomic E-state index is 11.6. The summed E-state index contributed by atoms with van der Waals surface area (Å²) in [7, 11) is 2.07. The molecule has 3 nitrogen and oxygen atoms in total. The lowest BCUT2D eigenvalue weighted by Crippen LogP contribution is -2.17. The number of benzene rings is 1. The Hall–Kier alpha value is -2.31. The molecule has 1 rings (SSSR count). The van der Waals surface area contributed by atoms with Gasteiger partial charge in [-0.25, -0.2) is 4.79 Å². The Kier molecular flexibility index (Phi) is 8.74. The van der Waals surface area contributed by atoms with Crippen LogP contribution in [0.25, 0.3) is 6.08 Å². The fourth-order valence-corrected chi connectivity index (χ4v) is 1.94. The summed E-state index contributed by atoms with van der Waals surface area (Å²) in [5.74, 6) is 5.97. The molecule has 0 aliphatic heterocycles. The number of hydrogen-bond acceptors (Lipinski definition) is 3. The van der Waals surface area contributed by atoms with Gasteiger partial charge in [-0.1, -0.05) is 42.2 Å². The Bertz CT molecular complexity index is 652. The van der Waals surface area contributed by atoms with Crippen molar-refractivity contribution in [3.05, 3.63) is 53.6 Å². The number of carbonyl (C=O) groups excluding carboxylic acids is 1. The molecule has 134 valence electrons. The van der Waals surface area contributed by atoms with Crippen LogP contribution in [0.2, 0.25) is 0 Å². The molecule has 0 aliphatic carbocycles. The SMILES string of the molecule is CCOC(=O)c1ccc(C=CCN(C)CC=CC#CC(C)(C)C)cc1. The number of carbonyl (C=O) groups is 1.